The van der Waals surface area contributed by atoms with Gasteiger partial charge in [0.15, 0.2) is 5.96 Å². The van der Waals surface area contributed by atoms with Crippen LogP contribution in [0.4, 0.5) is 0 Å². The van der Waals surface area contributed by atoms with E-state index in [4.69, 9.17) is 9.47 Å². The minimum atomic E-state index is 0.505. The average Bonchev–Trinajstić information content (AvgIpc) is 3.43. The van der Waals surface area contributed by atoms with Gasteiger partial charge in [0, 0.05) is 38.9 Å². The third-order valence-electron chi connectivity index (χ3n) is 3.81. The van der Waals surface area contributed by atoms with Gasteiger partial charge in [-0.25, -0.2) is 0 Å². The van der Waals surface area contributed by atoms with E-state index in [2.05, 4.69) is 22.2 Å². The van der Waals surface area contributed by atoms with E-state index in [0.29, 0.717) is 13.2 Å². The molecule has 5 nitrogen and oxygen atoms in total. The number of hydrogen-bond acceptors (Lipinski definition) is 3. The maximum Gasteiger partial charge on any atom is 0.191 e. The summed E-state index contributed by atoms with van der Waals surface area (Å²) >= 11 is 0. The minimum absolute atomic E-state index is 0.505. The van der Waals surface area contributed by atoms with Crippen LogP contribution in [0.15, 0.2) is 41.9 Å². The Kier molecular flexibility index (Phi) is 8.18. The molecule has 1 aliphatic rings. The number of hydrogen-bond donors (Lipinski definition) is 2. The molecule has 1 aliphatic carbocycles. The van der Waals surface area contributed by atoms with Crippen molar-refractivity contribution in [3.8, 4) is 5.75 Å². The molecule has 0 amide bonds. The normalized spacial score (nSPS) is 14.3. The second-order valence-corrected chi connectivity index (χ2v) is 5.93. The van der Waals surface area contributed by atoms with Crippen molar-refractivity contribution < 1.29 is 9.47 Å². The van der Waals surface area contributed by atoms with E-state index in [-0.39, 0.29) is 0 Å². The molecule has 0 spiro atoms. The Morgan fingerprint density at radius 2 is 2.17 bits per heavy atom. The summed E-state index contributed by atoms with van der Waals surface area (Å²) in [6, 6.07) is 7.99. The average molecular weight is 331 g/mol. The third-order valence-corrected chi connectivity index (χ3v) is 3.81. The van der Waals surface area contributed by atoms with Gasteiger partial charge in [0.25, 0.3) is 0 Å². The molecule has 0 bridgehead atoms. The zero-order valence-electron chi connectivity index (χ0n) is 14.6. The maximum atomic E-state index is 5.67. The van der Waals surface area contributed by atoms with Crippen LogP contribution < -0.4 is 15.4 Å². The van der Waals surface area contributed by atoms with Crippen LogP contribution in [0.1, 0.15) is 24.8 Å². The Balaban J connectivity index is 1.66. The number of rotatable bonds is 11. The minimum Gasteiger partial charge on any atom is -0.489 e. The number of benzene rings is 1. The van der Waals surface area contributed by atoms with E-state index in [1.165, 1.54) is 12.8 Å². The fraction of sp³-hybridized carbons (Fsp3) is 0.526. The van der Waals surface area contributed by atoms with Gasteiger partial charge in [-0.1, -0.05) is 30.9 Å². The van der Waals surface area contributed by atoms with Crippen LogP contribution >= 0.6 is 0 Å². The van der Waals surface area contributed by atoms with Crippen molar-refractivity contribution in [2.24, 2.45) is 10.9 Å². The van der Waals surface area contributed by atoms with Gasteiger partial charge in [-0.3, -0.25) is 4.99 Å². The van der Waals surface area contributed by atoms with Crippen LogP contribution in [0, 0.1) is 5.92 Å². The second kappa shape index (κ2) is 10.7. The summed E-state index contributed by atoms with van der Waals surface area (Å²) in [5.41, 5.74) is 1.09. The Bertz CT molecular complexity index is 527. The number of nitrogens with one attached hydrogen (secondary N) is 2. The summed E-state index contributed by atoms with van der Waals surface area (Å²) in [5, 5.41) is 6.62. The number of guanidine groups is 1. The van der Waals surface area contributed by atoms with Crippen LogP contribution in [0.5, 0.6) is 5.75 Å². The zero-order chi connectivity index (χ0) is 17.0. The molecule has 1 aromatic carbocycles. The van der Waals surface area contributed by atoms with E-state index >= 15 is 0 Å². The molecule has 1 aromatic rings. The standard InChI is InChI=1S/C19H29N3O2/c1-3-12-24-18-8-5-4-7-17(18)14-22-19(20-2)21-11-6-13-23-15-16-9-10-16/h3-5,7-8,16H,1,6,9-15H2,2H3,(H2,20,21,22). The van der Waals surface area contributed by atoms with Gasteiger partial charge < -0.3 is 20.1 Å². The largest absolute Gasteiger partial charge is 0.489 e. The lowest BCUT2D eigenvalue weighted by atomic mass is 10.2. The molecule has 0 unspecified atom stereocenters. The van der Waals surface area contributed by atoms with Gasteiger partial charge in [-0.05, 0) is 31.2 Å². The summed E-state index contributed by atoms with van der Waals surface area (Å²) < 4.78 is 11.3. The SMILES string of the molecule is C=CCOc1ccccc1CNC(=NC)NCCCOCC1CC1. The molecular formula is C19H29N3O2. The molecule has 0 aromatic heterocycles. The summed E-state index contributed by atoms with van der Waals surface area (Å²) in [7, 11) is 1.78. The van der Waals surface area contributed by atoms with Crippen LogP contribution in [0.2, 0.25) is 0 Å². The molecule has 0 saturated heterocycles. The summed E-state index contributed by atoms with van der Waals surface area (Å²) in [6.07, 6.45) is 5.40. The van der Waals surface area contributed by atoms with Crippen molar-refractivity contribution >= 4 is 5.96 Å². The van der Waals surface area contributed by atoms with Crippen molar-refractivity contribution in [1.82, 2.24) is 10.6 Å². The highest BCUT2D eigenvalue weighted by Crippen LogP contribution is 2.28. The van der Waals surface area contributed by atoms with Crippen LogP contribution in [0.25, 0.3) is 0 Å². The Morgan fingerprint density at radius 3 is 2.92 bits per heavy atom. The Morgan fingerprint density at radius 1 is 1.33 bits per heavy atom. The van der Waals surface area contributed by atoms with Crippen molar-refractivity contribution in [1.29, 1.82) is 0 Å². The summed E-state index contributed by atoms with van der Waals surface area (Å²) in [4.78, 5) is 4.25. The molecule has 0 atom stereocenters. The molecule has 2 rings (SSSR count). The quantitative estimate of drug-likeness (QED) is 0.283. The molecule has 24 heavy (non-hydrogen) atoms. The first kappa shape index (κ1) is 18.3. The fourth-order valence-corrected chi connectivity index (χ4v) is 2.25. The monoisotopic (exact) mass is 331 g/mol. The van der Waals surface area contributed by atoms with Gasteiger partial charge in [0.1, 0.15) is 12.4 Å². The molecule has 132 valence electrons. The Hall–Kier alpha value is -2.01. The van der Waals surface area contributed by atoms with Gasteiger partial charge in [-0.2, -0.15) is 0 Å². The smallest absolute Gasteiger partial charge is 0.191 e. The molecule has 0 heterocycles. The Labute approximate surface area is 145 Å². The molecular weight excluding hydrogens is 302 g/mol. The van der Waals surface area contributed by atoms with Crippen molar-refractivity contribution in [3.63, 3.8) is 0 Å². The maximum absolute atomic E-state index is 5.67. The lowest BCUT2D eigenvalue weighted by Gasteiger charge is -2.14. The highest BCUT2D eigenvalue weighted by molar-refractivity contribution is 5.79. The number of para-hydroxylation sites is 1. The highest BCUT2D eigenvalue weighted by atomic mass is 16.5. The number of aliphatic imine (C=N–C) groups is 1. The molecule has 5 heteroatoms. The van der Waals surface area contributed by atoms with Crippen LogP contribution in [-0.2, 0) is 11.3 Å². The molecule has 2 N–H and O–H groups in total. The molecule has 1 fully saturated rings. The first-order chi connectivity index (χ1) is 11.8. The van der Waals surface area contributed by atoms with Crippen molar-refractivity contribution in [2.75, 3.05) is 33.4 Å². The first-order valence-electron chi connectivity index (χ1n) is 8.67. The van der Waals surface area contributed by atoms with E-state index in [1.807, 2.05) is 24.3 Å². The first-order valence-corrected chi connectivity index (χ1v) is 8.67. The van der Waals surface area contributed by atoms with Crippen molar-refractivity contribution in [2.45, 2.75) is 25.8 Å². The lowest BCUT2D eigenvalue weighted by molar-refractivity contribution is 0.123. The predicted molar refractivity (Wildman–Crippen MR) is 98.5 cm³/mol. The third kappa shape index (κ3) is 7.04. The van der Waals surface area contributed by atoms with Crippen molar-refractivity contribution in [3.05, 3.63) is 42.5 Å². The predicted octanol–water partition coefficient (Wildman–Crippen LogP) is 2.73. The molecule has 0 aliphatic heterocycles. The highest BCUT2D eigenvalue weighted by Gasteiger charge is 2.20. The topological polar surface area (TPSA) is 54.9 Å². The summed E-state index contributed by atoms with van der Waals surface area (Å²) in [6.45, 7) is 7.42. The fourth-order valence-electron chi connectivity index (χ4n) is 2.25. The van der Waals surface area contributed by atoms with Gasteiger partial charge >= 0.3 is 0 Å². The van der Waals surface area contributed by atoms with E-state index in [9.17, 15) is 0 Å². The van der Waals surface area contributed by atoms with Crippen LogP contribution in [0.3, 0.4) is 0 Å². The van der Waals surface area contributed by atoms with E-state index in [1.54, 1.807) is 13.1 Å². The zero-order valence-corrected chi connectivity index (χ0v) is 14.6. The second-order valence-electron chi connectivity index (χ2n) is 5.93. The lowest BCUT2D eigenvalue weighted by Crippen LogP contribution is -2.37. The van der Waals surface area contributed by atoms with E-state index in [0.717, 1.165) is 49.4 Å². The summed E-state index contributed by atoms with van der Waals surface area (Å²) in [5.74, 6) is 2.49. The number of ether oxygens (including phenoxy) is 2. The van der Waals surface area contributed by atoms with Crippen LogP contribution in [-0.4, -0.2) is 39.4 Å². The van der Waals surface area contributed by atoms with Gasteiger partial charge in [-0.15, -0.1) is 0 Å². The molecule has 0 radical (unpaired) electrons. The number of nitrogens with zero attached hydrogens (tertiary/aromatic N) is 1. The van der Waals surface area contributed by atoms with Gasteiger partial charge in [0.2, 0.25) is 0 Å². The van der Waals surface area contributed by atoms with Gasteiger partial charge in [0.05, 0.1) is 0 Å². The molecule has 1 saturated carbocycles. The van der Waals surface area contributed by atoms with E-state index < -0.39 is 0 Å².